The highest BCUT2D eigenvalue weighted by Crippen LogP contribution is 2.24. The van der Waals surface area contributed by atoms with E-state index < -0.39 is 12.3 Å². The smallest absolute Gasteiger partial charge is 0.550 e. The molecule has 1 aromatic rings. The molecule has 0 aliphatic heterocycles. The van der Waals surface area contributed by atoms with Crippen LogP contribution in [-0.2, 0) is 4.79 Å². The second kappa shape index (κ2) is 6.42. The second-order valence-corrected chi connectivity index (χ2v) is 4.08. The quantitative estimate of drug-likeness (QED) is 0.835. The molecule has 0 heterocycles. The minimum atomic E-state index is -4.71. The Morgan fingerprint density at radius 2 is 1.89 bits per heavy atom. The fourth-order valence-corrected chi connectivity index (χ4v) is 1.60. The Balaban J connectivity index is 2.53. The standard InChI is InChI=1S/C12H14F3NO3/c13-12(14,15)19-9-6-4-8(5-7-9)10(16)2-1-3-11(17)18/h4-7,10H,1-3,16H2,(H,17,18)/t10-/m0/s1. The van der Waals surface area contributed by atoms with E-state index in [2.05, 4.69) is 10.5 Å². The molecule has 0 amide bonds. The molecule has 0 aromatic heterocycles. The molecule has 1 aromatic carbocycles. The van der Waals surface area contributed by atoms with E-state index in [9.17, 15) is 23.1 Å². The molecule has 0 aliphatic carbocycles. The fourth-order valence-electron chi connectivity index (χ4n) is 1.60. The highest BCUT2D eigenvalue weighted by Gasteiger charge is 2.31. The van der Waals surface area contributed by atoms with Crippen molar-refractivity contribution in [3.8, 4) is 5.75 Å². The van der Waals surface area contributed by atoms with Gasteiger partial charge in [-0.2, -0.15) is 0 Å². The highest BCUT2D eigenvalue weighted by molar-refractivity contribution is 5.64. The van der Waals surface area contributed by atoms with E-state index >= 15 is 0 Å². The average molecular weight is 277 g/mol. The van der Waals surface area contributed by atoms with Gasteiger partial charge in [0.15, 0.2) is 0 Å². The van der Waals surface area contributed by atoms with E-state index in [0.717, 1.165) is 5.56 Å². The molecular weight excluding hydrogens is 263 g/mol. The van der Waals surface area contributed by atoms with Crippen LogP contribution in [0.2, 0.25) is 0 Å². The molecule has 0 saturated heterocycles. The van der Waals surface area contributed by atoms with Crippen LogP contribution in [0.25, 0.3) is 0 Å². The summed E-state index contributed by atoms with van der Waals surface area (Å²) in [7, 11) is 0. The van der Waals surface area contributed by atoms with Crippen LogP contribution in [-0.4, -0.2) is 12.3 Å². The predicted octanol–water partition coefficient (Wildman–Crippen LogP) is 0.788. The molecule has 0 bridgehead atoms. The summed E-state index contributed by atoms with van der Waals surface area (Å²) in [6, 6.07) is 5.20. The fraction of sp³-hybridized carbons (Fsp3) is 0.417. The van der Waals surface area contributed by atoms with Gasteiger partial charge in [-0.05, 0) is 37.1 Å². The number of carboxylic acid groups (broad SMARTS) is 1. The zero-order chi connectivity index (χ0) is 14.5. The number of aliphatic carboxylic acids is 1. The number of quaternary nitrogens is 1. The summed E-state index contributed by atoms with van der Waals surface area (Å²) in [5.41, 5.74) is 4.56. The molecule has 1 atom stereocenters. The number of rotatable bonds is 6. The molecule has 0 aliphatic rings. The van der Waals surface area contributed by atoms with E-state index in [1.807, 2.05) is 0 Å². The zero-order valence-corrected chi connectivity index (χ0v) is 10.1. The van der Waals surface area contributed by atoms with Crippen LogP contribution in [0.4, 0.5) is 13.2 Å². The van der Waals surface area contributed by atoms with E-state index in [1.54, 1.807) is 0 Å². The van der Waals surface area contributed by atoms with Gasteiger partial charge in [0.25, 0.3) is 0 Å². The van der Waals surface area contributed by atoms with E-state index in [4.69, 9.17) is 0 Å². The Morgan fingerprint density at radius 3 is 2.37 bits per heavy atom. The first kappa shape index (κ1) is 15.3. The first-order chi connectivity index (χ1) is 8.78. The lowest BCUT2D eigenvalue weighted by atomic mass is 10.0. The molecule has 1 rings (SSSR count). The lowest BCUT2D eigenvalue weighted by Crippen LogP contribution is -2.53. The average Bonchev–Trinajstić information content (AvgIpc) is 2.27. The van der Waals surface area contributed by atoms with Gasteiger partial charge in [-0.3, -0.25) is 0 Å². The van der Waals surface area contributed by atoms with Gasteiger partial charge >= 0.3 is 6.36 Å². The van der Waals surface area contributed by atoms with Crippen molar-refractivity contribution in [2.24, 2.45) is 0 Å². The highest BCUT2D eigenvalue weighted by atomic mass is 19.4. The Hall–Kier alpha value is -1.76. The molecule has 4 nitrogen and oxygen atoms in total. The van der Waals surface area contributed by atoms with Crippen LogP contribution < -0.4 is 15.6 Å². The maximum atomic E-state index is 11.9. The maximum Gasteiger partial charge on any atom is 0.573 e. The van der Waals surface area contributed by atoms with Crippen molar-refractivity contribution in [3.05, 3.63) is 29.8 Å². The van der Waals surface area contributed by atoms with Gasteiger partial charge in [0, 0.05) is 18.0 Å². The number of halogens is 3. The van der Waals surface area contributed by atoms with Crippen LogP contribution in [0.3, 0.4) is 0 Å². The van der Waals surface area contributed by atoms with Crippen LogP contribution >= 0.6 is 0 Å². The van der Waals surface area contributed by atoms with Crippen LogP contribution in [0.1, 0.15) is 30.9 Å². The molecule has 7 heteroatoms. The molecule has 0 spiro atoms. The van der Waals surface area contributed by atoms with Gasteiger partial charge in [-0.15, -0.1) is 13.2 Å². The first-order valence-corrected chi connectivity index (χ1v) is 5.66. The molecule has 0 radical (unpaired) electrons. The van der Waals surface area contributed by atoms with E-state index in [1.165, 1.54) is 24.3 Å². The van der Waals surface area contributed by atoms with Crippen molar-refractivity contribution in [1.29, 1.82) is 0 Å². The van der Waals surface area contributed by atoms with Crippen LogP contribution in [0, 0.1) is 0 Å². The van der Waals surface area contributed by atoms with Crippen molar-refractivity contribution in [2.75, 3.05) is 0 Å². The summed E-state index contributed by atoms with van der Waals surface area (Å²) in [5, 5.41) is 10.2. The normalized spacial score (nSPS) is 13.1. The third kappa shape index (κ3) is 6.10. The third-order valence-corrected chi connectivity index (χ3v) is 2.52. The molecular formula is C12H14F3NO3. The van der Waals surface area contributed by atoms with E-state index in [-0.39, 0.29) is 18.2 Å². The summed E-state index contributed by atoms with van der Waals surface area (Å²) in [4.78, 5) is 10.2. The first-order valence-electron chi connectivity index (χ1n) is 5.66. The predicted molar refractivity (Wildman–Crippen MR) is 57.6 cm³/mol. The van der Waals surface area contributed by atoms with Crippen LogP contribution in [0.5, 0.6) is 5.75 Å². The minimum absolute atomic E-state index is 0.0543. The van der Waals surface area contributed by atoms with Crippen molar-refractivity contribution in [2.45, 2.75) is 31.7 Å². The number of carbonyl (C=O) groups is 1. The van der Waals surface area contributed by atoms with Gasteiger partial charge in [-0.1, -0.05) is 0 Å². The van der Waals surface area contributed by atoms with Gasteiger partial charge in [0.2, 0.25) is 0 Å². The third-order valence-electron chi connectivity index (χ3n) is 2.52. The molecule has 106 valence electrons. The summed E-state index contributed by atoms with van der Waals surface area (Å²) in [5.74, 6) is -1.42. The Kier molecular flexibility index (Phi) is 5.17. The Bertz CT molecular complexity index is 417. The summed E-state index contributed by atoms with van der Waals surface area (Å²) in [6.45, 7) is 0. The Morgan fingerprint density at radius 1 is 1.32 bits per heavy atom. The number of hydrogen-bond acceptors (Lipinski definition) is 3. The van der Waals surface area contributed by atoms with Crippen molar-refractivity contribution in [3.63, 3.8) is 0 Å². The number of benzene rings is 1. The van der Waals surface area contributed by atoms with Gasteiger partial charge in [0.05, 0.1) is 0 Å². The molecule has 19 heavy (non-hydrogen) atoms. The molecule has 0 unspecified atom stereocenters. The van der Waals surface area contributed by atoms with Gasteiger partial charge < -0.3 is 20.4 Å². The maximum absolute atomic E-state index is 11.9. The summed E-state index contributed by atoms with van der Waals surface area (Å²) < 4.78 is 39.6. The van der Waals surface area contributed by atoms with Crippen molar-refractivity contribution in [1.82, 2.24) is 0 Å². The monoisotopic (exact) mass is 277 g/mol. The van der Waals surface area contributed by atoms with Gasteiger partial charge in [-0.25, -0.2) is 0 Å². The Labute approximate surface area is 108 Å². The molecule has 3 N–H and O–H groups in total. The van der Waals surface area contributed by atoms with Crippen LogP contribution in [0.15, 0.2) is 24.3 Å². The number of carboxylic acids is 1. The summed E-state index contributed by atoms with van der Waals surface area (Å²) >= 11 is 0. The number of alkyl halides is 3. The van der Waals surface area contributed by atoms with Gasteiger partial charge in [0.1, 0.15) is 11.8 Å². The summed E-state index contributed by atoms with van der Waals surface area (Å²) in [6.07, 6.45) is -3.83. The van der Waals surface area contributed by atoms with E-state index in [0.29, 0.717) is 12.8 Å². The zero-order valence-electron chi connectivity index (χ0n) is 10.1. The molecule has 0 saturated carbocycles. The minimum Gasteiger partial charge on any atom is -0.550 e. The number of carbonyl (C=O) groups excluding carboxylic acids is 1. The number of ether oxygens (including phenoxy) is 1. The SMILES string of the molecule is [NH3+][C@@H](CCCC(=O)[O-])c1ccc(OC(F)(F)F)cc1. The van der Waals surface area contributed by atoms with Crippen molar-refractivity contribution >= 4 is 5.97 Å². The lowest BCUT2D eigenvalue weighted by molar-refractivity contribution is -0.428. The van der Waals surface area contributed by atoms with Crippen molar-refractivity contribution < 1.29 is 33.5 Å². The molecule has 0 fully saturated rings. The largest absolute Gasteiger partial charge is 0.573 e. The second-order valence-electron chi connectivity index (χ2n) is 4.08. The topological polar surface area (TPSA) is 77.0 Å². The lowest BCUT2D eigenvalue weighted by Gasteiger charge is -2.11. The number of hydrogen-bond donors (Lipinski definition) is 1.